The van der Waals surface area contributed by atoms with Crippen LogP contribution < -0.4 is 0 Å². The maximum absolute atomic E-state index is 10.5. The van der Waals surface area contributed by atoms with Crippen LogP contribution in [0.2, 0.25) is 0 Å². The van der Waals surface area contributed by atoms with E-state index in [1.807, 2.05) is 13.8 Å². The number of rotatable bonds is 3. The second kappa shape index (κ2) is 4.20. The number of hydrogen-bond acceptors (Lipinski definition) is 3. The number of likely N-dealkylation sites (tertiary alicyclic amines) is 1. The van der Waals surface area contributed by atoms with Crippen molar-refractivity contribution in [2.75, 3.05) is 19.6 Å². The lowest BCUT2D eigenvalue weighted by Crippen LogP contribution is -2.43. The summed E-state index contributed by atoms with van der Waals surface area (Å²) in [5, 5.41) is 9.58. The summed E-state index contributed by atoms with van der Waals surface area (Å²) >= 11 is 0. The molecule has 76 valence electrons. The van der Waals surface area contributed by atoms with Gasteiger partial charge in [0.1, 0.15) is 6.29 Å². The molecule has 0 aromatic carbocycles. The van der Waals surface area contributed by atoms with Crippen LogP contribution in [0.3, 0.4) is 0 Å². The van der Waals surface area contributed by atoms with Gasteiger partial charge in [-0.2, -0.15) is 0 Å². The molecule has 3 heteroatoms. The number of carbonyl (C=O) groups excluding carboxylic acids is 1. The van der Waals surface area contributed by atoms with E-state index in [2.05, 4.69) is 4.90 Å². The van der Waals surface area contributed by atoms with Gasteiger partial charge in [-0.1, -0.05) is 0 Å². The van der Waals surface area contributed by atoms with Crippen LogP contribution in [0.25, 0.3) is 0 Å². The van der Waals surface area contributed by atoms with Crippen LogP contribution >= 0.6 is 0 Å². The van der Waals surface area contributed by atoms with Gasteiger partial charge in [0, 0.05) is 12.5 Å². The molecular weight excluding hydrogens is 166 g/mol. The van der Waals surface area contributed by atoms with Crippen LogP contribution in [-0.4, -0.2) is 41.5 Å². The average Bonchev–Trinajstić information content (AvgIpc) is 2.03. The van der Waals surface area contributed by atoms with E-state index in [-0.39, 0.29) is 5.92 Å². The fraction of sp³-hybridized carbons (Fsp3) is 0.900. The third-order valence-corrected chi connectivity index (χ3v) is 2.44. The molecule has 1 saturated heterocycles. The first kappa shape index (κ1) is 10.7. The third-order valence-electron chi connectivity index (χ3n) is 2.44. The lowest BCUT2D eigenvalue weighted by molar-refractivity contribution is -0.112. The van der Waals surface area contributed by atoms with E-state index < -0.39 is 5.60 Å². The van der Waals surface area contributed by atoms with Crippen LogP contribution in [0.1, 0.15) is 26.7 Å². The smallest absolute Gasteiger partial charge is 0.123 e. The Morgan fingerprint density at radius 2 is 2.00 bits per heavy atom. The summed E-state index contributed by atoms with van der Waals surface area (Å²) in [6, 6.07) is 0. The normalized spacial score (nSPS) is 21.8. The van der Waals surface area contributed by atoms with Gasteiger partial charge in [-0.25, -0.2) is 0 Å². The van der Waals surface area contributed by atoms with Crippen LogP contribution in [0.4, 0.5) is 0 Å². The quantitative estimate of drug-likeness (QED) is 0.657. The topological polar surface area (TPSA) is 40.5 Å². The first-order chi connectivity index (χ1) is 6.01. The minimum atomic E-state index is -0.617. The molecule has 3 nitrogen and oxygen atoms in total. The van der Waals surface area contributed by atoms with Crippen molar-refractivity contribution in [2.24, 2.45) is 5.92 Å². The van der Waals surface area contributed by atoms with Gasteiger partial charge in [0.05, 0.1) is 5.60 Å². The first-order valence-corrected chi connectivity index (χ1v) is 4.91. The second-order valence-electron chi connectivity index (χ2n) is 4.56. The molecule has 1 aliphatic heterocycles. The van der Waals surface area contributed by atoms with E-state index in [0.29, 0.717) is 6.54 Å². The minimum Gasteiger partial charge on any atom is -0.389 e. The van der Waals surface area contributed by atoms with Crippen molar-refractivity contribution in [1.82, 2.24) is 4.90 Å². The Balaban J connectivity index is 2.29. The maximum atomic E-state index is 10.5. The molecule has 0 spiro atoms. The van der Waals surface area contributed by atoms with Crippen molar-refractivity contribution in [3.05, 3.63) is 0 Å². The fourth-order valence-electron chi connectivity index (χ4n) is 1.79. The summed E-state index contributed by atoms with van der Waals surface area (Å²) in [6.07, 6.45) is 2.95. The zero-order valence-electron chi connectivity index (χ0n) is 8.49. The molecule has 13 heavy (non-hydrogen) atoms. The number of piperidine rings is 1. The summed E-state index contributed by atoms with van der Waals surface area (Å²) in [4.78, 5) is 12.7. The van der Waals surface area contributed by atoms with E-state index in [0.717, 1.165) is 32.2 Å². The van der Waals surface area contributed by atoms with Crippen molar-refractivity contribution >= 4 is 6.29 Å². The van der Waals surface area contributed by atoms with Crippen molar-refractivity contribution in [3.8, 4) is 0 Å². The summed E-state index contributed by atoms with van der Waals surface area (Å²) in [7, 11) is 0. The average molecular weight is 185 g/mol. The molecule has 0 saturated carbocycles. The van der Waals surface area contributed by atoms with E-state index in [1.54, 1.807) is 0 Å². The number of β-amino-alcohol motifs (C(OH)–C–C–N with tert-alkyl or cyclic N) is 1. The molecule has 0 amide bonds. The van der Waals surface area contributed by atoms with Crippen molar-refractivity contribution in [3.63, 3.8) is 0 Å². The number of carbonyl (C=O) groups is 1. The monoisotopic (exact) mass is 185 g/mol. The Bertz CT molecular complexity index is 166. The molecule has 0 unspecified atom stereocenters. The highest BCUT2D eigenvalue weighted by Gasteiger charge is 2.23. The predicted molar refractivity (Wildman–Crippen MR) is 51.5 cm³/mol. The van der Waals surface area contributed by atoms with Gasteiger partial charge in [-0.15, -0.1) is 0 Å². The molecule has 0 bridgehead atoms. The van der Waals surface area contributed by atoms with Crippen LogP contribution in [0, 0.1) is 5.92 Å². The molecular formula is C10H19NO2. The molecule has 1 rings (SSSR count). The van der Waals surface area contributed by atoms with Gasteiger partial charge < -0.3 is 14.8 Å². The van der Waals surface area contributed by atoms with Crippen LogP contribution in [-0.2, 0) is 4.79 Å². The second-order valence-corrected chi connectivity index (χ2v) is 4.56. The number of aliphatic hydroxyl groups is 1. The predicted octanol–water partition coefficient (Wildman–Crippen LogP) is 0.668. The molecule has 1 fully saturated rings. The zero-order valence-corrected chi connectivity index (χ0v) is 8.49. The van der Waals surface area contributed by atoms with Crippen LogP contribution in [0.15, 0.2) is 0 Å². The summed E-state index contributed by atoms with van der Waals surface area (Å²) < 4.78 is 0. The van der Waals surface area contributed by atoms with E-state index in [4.69, 9.17) is 0 Å². The maximum Gasteiger partial charge on any atom is 0.123 e. The molecule has 0 atom stereocenters. The first-order valence-electron chi connectivity index (χ1n) is 4.91. The molecule has 1 N–H and O–H groups in total. The molecule has 1 heterocycles. The summed E-state index contributed by atoms with van der Waals surface area (Å²) in [5.41, 5.74) is -0.617. The van der Waals surface area contributed by atoms with Crippen LogP contribution in [0.5, 0.6) is 0 Å². The van der Waals surface area contributed by atoms with E-state index >= 15 is 0 Å². The number of hydrogen-bond donors (Lipinski definition) is 1. The fourth-order valence-corrected chi connectivity index (χ4v) is 1.79. The Kier molecular flexibility index (Phi) is 3.45. The highest BCUT2D eigenvalue weighted by Crippen LogP contribution is 2.16. The summed E-state index contributed by atoms with van der Waals surface area (Å²) in [5.74, 6) is 0.248. The third kappa shape index (κ3) is 3.87. The van der Waals surface area contributed by atoms with Crippen molar-refractivity contribution in [2.45, 2.75) is 32.3 Å². The largest absolute Gasteiger partial charge is 0.389 e. The highest BCUT2D eigenvalue weighted by molar-refractivity contribution is 5.53. The molecule has 0 radical (unpaired) electrons. The van der Waals surface area contributed by atoms with Crippen molar-refractivity contribution < 1.29 is 9.90 Å². The number of aldehydes is 1. The lowest BCUT2D eigenvalue weighted by atomic mass is 9.97. The molecule has 1 aliphatic rings. The Labute approximate surface area is 79.7 Å². The van der Waals surface area contributed by atoms with Crippen molar-refractivity contribution in [1.29, 1.82) is 0 Å². The Morgan fingerprint density at radius 1 is 1.46 bits per heavy atom. The number of nitrogens with zero attached hydrogens (tertiary/aromatic N) is 1. The van der Waals surface area contributed by atoms with E-state index in [1.165, 1.54) is 0 Å². The van der Waals surface area contributed by atoms with Gasteiger partial charge in [0.2, 0.25) is 0 Å². The molecule has 0 aromatic heterocycles. The Hall–Kier alpha value is -0.410. The van der Waals surface area contributed by atoms with E-state index in [9.17, 15) is 9.90 Å². The van der Waals surface area contributed by atoms with Gasteiger partial charge in [-0.3, -0.25) is 0 Å². The standard InChI is InChI=1S/C10H19NO2/c1-10(2,13)8-11-5-3-9(7-12)4-6-11/h7,9,13H,3-6,8H2,1-2H3. The van der Waals surface area contributed by atoms with Gasteiger partial charge >= 0.3 is 0 Å². The highest BCUT2D eigenvalue weighted by atomic mass is 16.3. The van der Waals surface area contributed by atoms with Gasteiger partial charge in [0.25, 0.3) is 0 Å². The Morgan fingerprint density at radius 3 is 2.38 bits per heavy atom. The zero-order chi connectivity index (χ0) is 9.90. The molecule has 0 aromatic rings. The summed E-state index contributed by atoms with van der Waals surface area (Å²) in [6.45, 7) is 6.22. The minimum absolute atomic E-state index is 0.248. The SMILES string of the molecule is CC(C)(O)CN1CCC(C=O)CC1. The lowest BCUT2D eigenvalue weighted by Gasteiger charge is -2.33. The van der Waals surface area contributed by atoms with Gasteiger partial charge in [-0.05, 0) is 39.8 Å². The molecule has 0 aliphatic carbocycles. The van der Waals surface area contributed by atoms with Gasteiger partial charge in [0.15, 0.2) is 0 Å².